The lowest BCUT2D eigenvalue weighted by atomic mass is 10.5. The third-order valence-corrected chi connectivity index (χ3v) is 2.06. The Balaban J connectivity index is 3.36. The van der Waals surface area contributed by atoms with E-state index < -0.39 is 5.97 Å². The van der Waals surface area contributed by atoms with Crippen LogP contribution in [0.1, 0.15) is 6.92 Å². The quantitative estimate of drug-likeness (QED) is 0.383. The molecule has 0 aliphatic rings. The van der Waals surface area contributed by atoms with Crippen molar-refractivity contribution in [2.75, 3.05) is 13.3 Å². The summed E-state index contributed by atoms with van der Waals surface area (Å²) in [6, 6.07) is 0. The SMILES string of the molecule is CPC(C)/C=N/OCC(=O)O. The number of carboxylic acids is 1. The van der Waals surface area contributed by atoms with Crippen molar-refractivity contribution in [3.05, 3.63) is 0 Å². The molecule has 0 fully saturated rings. The van der Waals surface area contributed by atoms with Gasteiger partial charge in [-0.05, 0) is 6.66 Å². The van der Waals surface area contributed by atoms with Crippen LogP contribution in [0.15, 0.2) is 5.16 Å². The molecular weight excluding hydrogens is 165 g/mol. The molecule has 5 heteroatoms. The third-order valence-electron chi connectivity index (χ3n) is 1.00. The Morgan fingerprint density at radius 1 is 1.91 bits per heavy atom. The smallest absolute Gasteiger partial charge is 0.344 e. The second kappa shape index (κ2) is 6.10. The zero-order chi connectivity index (χ0) is 8.69. The molecule has 0 bridgehead atoms. The lowest BCUT2D eigenvalue weighted by molar-refractivity contribution is -0.142. The van der Waals surface area contributed by atoms with E-state index in [2.05, 4.69) is 9.99 Å². The first-order valence-corrected chi connectivity index (χ1v) is 4.79. The van der Waals surface area contributed by atoms with Gasteiger partial charge in [-0.15, -0.1) is 8.58 Å². The largest absolute Gasteiger partial charge is 0.479 e. The minimum atomic E-state index is -1.01. The van der Waals surface area contributed by atoms with E-state index in [-0.39, 0.29) is 6.61 Å². The second-order valence-corrected chi connectivity index (χ2v) is 3.49. The third kappa shape index (κ3) is 7.26. The summed E-state index contributed by atoms with van der Waals surface area (Å²) in [5.41, 5.74) is 0.365. The fraction of sp³-hybridized carbons (Fsp3) is 0.667. The molecule has 0 aliphatic heterocycles. The van der Waals surface area contributed by atoms with Gasteiger partial charge >= 0.3 is 5.97 Å². The van der Waals surface area contributed by atoms with Crippen molar-refractivity contribution in [1.29, 1.82) is 0 Å². The molecule has 0 spiro atoms. The maximum Gasteiger partial charge on any atom is 0.344 e. The Labute approximate surface area is 67.4 Å². The second-order valence-electron chi connectivity index (χ2n) is 2.00. The molecule has 0 saturated carbocycles. The molecular formula is C6H12NO3P. The number of carbonyl (C=O) groups is 1. The van der Waals surface area contributed by atoms with E-state index in [9.17, 15) is 4.79 Å². The van der Waals surface area contributed by atoms with E-state index in [0.717, 1.165) is 8.58 Å². The van der Waals surface area contributed by atoms with Crippen LogP contribution < -0.4 is 0 Å². The van der Waals surface area contributed by atoms with Gasteiger partial charge in [-0.1, -0.05) is 12.1 Å². The van der Waals surface area contributed by atoms with E-state index in [1.165, 1.54) is 0 Å². The van der Waals surface area contributed by atoms with Gasteiger partial charge in [0.1, 0.15) is 0 Å². The fourth-order valence-electron chi connectivity index (χ4n) is 0.301. The molecule has 4 nitrogen and oxygen atoms in total. The van der Waals surface area contributed by atoms with Gasteiger partial charge in [-0.25, -0.2) is 4.79 Å². The predicted octanol–water partition coefficient (Wildman–Crippen LogP) is 0.770. The highest BCUT2D eigenvalue weighted by Crippen LogP contribution is 2.09. The molecule has 0 aliphatic carbocycles. The molecule has 2 atom stereocenters. The molecule has 64 valence electrons. The highest BCUT2D eigenvalue weighted by Gasteiger charge is 1.94. The van der Waals surface area contributed by atoms with Crippen LogP contribution in [0.3, 0.4) is 0 Å². The summed E-state index contributed by atoms with van der Waals surface area (Å²) in [5.74, 6) is -1.01. The van der Waals surface area contributed by atoms with E-state index in [1.54, 1.807) is 6.21 Å². The summed E-state index contributed by atoms with van der Waals surface area (Å²) in [4.78, 5) is 14.4. The molecule has 11 heavy (non-hydrogen) atoms. The van der Waals surface area contributed by atoms with Crippen molar-refractivity contribution >= 4 is 20.8 Å². The standard InChI is InChI=1S/C6H12NO3P/c1-5(11-2)3-7-10-4-6(8)9/h3,5,11H,4H2,1-2H3,(H,8,9)/b7-3+. The average molecular weight is 177 g/mol. The monoisotopic (exact) mass is 177 g/mol. The van der Waals surface area contributed by atoms with Gasteiger partial charge in [0, 0.05) is 5.66 Å². The van der Waals surface area contributed by atoms with Gasteiger partial charge in [0.15, 0.2) is 0 Å². The number of nitrogens with zero attached hydrogens (tertiary/aromatic N) is 1. The molecule has 0 heterocycles. The normalized spacial score (nSPS) is 14.4. The molecule has 0 aromatic heterocycles. The van der Waals surface area contributed by atoms with E-state index >= 15 is 0 Å². The van der Waals surface area contributed by atoms with Crippen LogP contribution in [0.2, 0.25) is 0 Å². The van der Waals surface area contributed by atoms with E-state index in [0.29, 0.717) is 5.66 Å². The van der Waals surface area contributed by atoms with Gasteiger partial charge in [0.25, 0.3) is 0 Å². The Kier molecular flexibility index (Phi) is 5.75. The summed E-state index contributed by atoms with van der Waals surface area (Å²) in [5, 5.41) is 11.6. The van der Waals surface area contributed by atoms with Crippen molar-refractivity contribution in [2.24, 2.45) is 5.16 Å². The van der Waals surface area contributed by atoms with Crippen LogP contribution in [0.25, 0.3) is 0 Å². The maximum absolute atomic E-state index is 9.92. The summed E-state index contributed by atoms with van der Waals surface area (Å²) in [7, 11) is 0.761. The Hall–Kier alpha value is -0.630. The van der Waals surface area contributed by atoms with Gasteiger partial charge in [-0.3, -0.25) is 0 Å². The van der Waals surface area contributed by atoms with Crippen LogP contribution in [0.5, 0.6) is 0 Å². The topological polar surface area (TPSA) is 58.9 Å². The molecule has 0 radical (unpaired) electrons. The van der Waals surface area contributed by atoms with Crippen molar-refractivity contribution in [1.82, 2.24) is 0 Å². The van der Waals surface area contributed by atoms with Crippen LogP contribution in [0, 0.1) is 0 Å². The number of hydrogen-bond donors (Lipinski definition) is 1. The molecule has 0 aromatic carbocycles. The Morgan fingerprint density at radius 2 is 2.55 bits per heavy atom. The van der Waals surface area contributed by atoms with Crippen LogP contribution in [0.4, 0.5) is 0 Å². The number of carboxylic acid groups (broad SMARTS) is 1. The molecule has 0 amide bonds. The highest BCUT2D eigenvalue weighted by molar-refractivity contribution is 7.39. The first-order chi connectivity index (χ1) is 5.16. The summed E-state index contributed by atoms with van der Waals surface area (Å²) in [6.45, 7) is 3.68. The minimum Gasteiger partial charge on any atom is -0.479 e. The number of hydrogen-bond acceptors (Lipinski definition) is 3. The van der Waals surface area contributed by atoms with Crippen LogP contribution in [-0.2, 0) is 9.63 Å². The van der Waals surface area contributed by atoms with Crippen LogP contribution in [-0.4, -0.2) is 36.2 Å². The van der Waals surface area contributed by atoms with Crippen molar-refractivity contribution in [3.8, 4) is 0 Å². The van der Waals surface area contributed by atoms with Gasteiger partial charge in [0.05, 0.1) is 6.21 Å². The van der Waals surface area contributed by atoms with Gasteiger partial charge in [0.2, 0.25) is 6.61 Å². The summed E-state index contributed by atoms with van der Waals surface area (Å²) < 4.78 is 0. The highest BCUT2D eigenvalue weighted by atomic mass is 31.1. The predicted molar refractivity (Wildman–Crippen MR) is 45.8 cm³/mol. The molecule has 0 rings (SSSR count). The molecule has 0 saturated heterocycles. The summed E-state index contributed by atoms with van der Waals surface area (Å²) in [6.07, 6.45) is 1.61. The van der Waals surface area contributed by atoms with Crippen molar-refractivity contribution in [2.45, 2.75) is 12.6 Å². The Bertz CT molecular complexity index is 149. The first-order valence-electron chi connectivity index (χ1n) is 3.21. The number of rotatable bonds is 5. The molecule has 0 aromatic rings. The maximum atomic E-state index is 9.92. The van der Waals surface area contributed by atoms with E-state index in [1.807, 2.05) is 13.6 Å². The Morgan fingerprint density at radius 3 is 3.00 bits per heavy atom. The zero-order valence-electron chi connectivity index (χ0n) is 6.57. The lowest BCUT2D eigenvalue weighted by Crippen LogP contribution is -2.04. The van der Waals surface area contributed by atoms with Gasteiger partial charge < -0.3 is 9.94 Å². The van der Waals surface area contributed by atoms with E-state index in [4.69, 9.17) is 5.11 Å². The van der Waals surface area contributed by atoms with Crippen molar-refractivity contribution in [3.63, 3.8) is 0 Å². The number of aliphatic carboxylic acids is 1. The van der Waals surface area contributed by atoms with Crippen LogP contribution >= 0.6 is 8.58 Å². The summed E-state index contributed by atoms with van der Waals surface area (Å²) >= 11 is 0. The van der Waals surface area contributed by atoms with Crippen molar-refractivity contribution < 1.29 is 14.7 Å². The zero-order valence-corrected chi connectivity index (χ0v) is 7.57. The first kappa shape index (κ1) is 10.4. The number of oxime groups is 1. The fourth-order valence-corrected chi connectivity index (χ4v) is 0.511. The molecule has 1 N–H and O–H groups in total. The lowest BCUT2D eigenvalue weighted by Gasteiger charge is -1.98. The molecule has 2 unspecified atom stereocenters. The minimum absolute atomic E-state index is 0.365. The van der Waals surface area contributed by atoms with Gasteiger partial charge in [-0.2, -0.15) is 0 Å². The average Bonchev–Trinajstić information content (AvgIpc) is 1.97.